The van der Waals surface area contributed by atoms with Crippen LogP contribution >= 0.6 is 23.1 Å². The molecule has 8 heteroatoms. The molecule has 2 fully saturated rings. The summed E-state index contributed by atoms with van der Waals surface area (Å²) in [5.74, 6) is 1.44. The minimum absolute atomic E-state index is 0.0723. The maximum Gasteiger partial charge on any atom is 0.357 e. The van der Waals surface area contributed by atoms with Gasteiger partial charge in [0.25, 0.3) is 0 Å². The highest BCUT2D eigenvalue weighted by Gasteiger charge is 2.36. The van der Waals surface area contributed by atoms with E-state index in [2.05, 4.69) is 17.1 Å². The second-order valence-electron chi connectivity index (χ2n) is 10.2. The average molecular weight is 524 g/mol. The second-order valence-corrected chi connectivity index (χ2v) is 12.4. The number of hydrogen-bond acceptors (Lipinski definition) is 8. The number of ether oxygens (including phenoxy) is 2. The molecule has 1 aromatic heterocycles. The van der Waals surface area contributed by atoms with Crippen molar-refractivity contribution in [2.24, 2.45) is 17.8 Å². The first-order valence-corrected chi connectivity index (χ1v) is 15.0. The van der Waals surface area contributed by atoms with E-state index in [0.29, 0.717) is 30.6 Å². The Morgan fingerprint density at radius 1 is 1.26 bits per heavy atom. The van der Waals surface area contributed by atoms with E-state index in [1.54, 1.807) is 24.1 Å². The summed E-state index contributed by atoms with van der Waals surface area (Å²) < 4.78 is 11.5. The lowest BCUT2D eigenvalue weighted by atomic mass is 9.80. The summed E-state index contributed by atoms with van der Waals surface area (Å²) in [6.07, 6.45) is 15.0. The molecule has 0 radical (unpaired) electrons. The minimum Gasteiger partial charge on any atom is -0.462 e. The van der Waals surface area contributed by atoms with Gasteiger partial charge >= 0.3 is 11.9 Å². The zero-order chi connectivity index (χ0) is 25.3. The third kappa shape index (κ3) is 9.21. The summed E-state index contributed by atoms with van der Waals surface area (Å²) in [6, 6.07) is 0. The largest absolute Gasteiger partial charge is 0.462 e. The van der Waals surface area contributed by atoms with Crippen molar-refractivity contribution in [2.75, 3.05) is 12.4 Å². The highest BCUT2D eigenvalue weighted by atomic mass is 32.2. The van der Waals surface area contributed by atoms with Gasteiger partial charge in [-0.2, -0.15) is 0 Å². The molecule has 4 atom stereocenters. The van der Waals surface area contributed by atoms with E-state index in [9.17, 15) is 14.7 Å². The zero-order valence-corrected chi connectivity index (χ0v) is 23.0. The lowest BCUT2D eigenvalue weighted by Crippen LogP contribution is -2.28. The second kappa shape index (κ2) is 13.8. The summed E-state index contributed by atoms with van der Waals surface area (Å²) in [5.41, 5.74) is -0.307. The highest BCUT2D eigenvalue weighted by molar-refractivity contribution is 8.01. The number of hydrogen-bond donors (Lipinski definition) is 1. The molecule has 0 spiro atoms. The maximum atomic E-state index is 11.9. The molecule has 2 aliphatic carbocycles. The Bertz CT molecular complexity index is 846. The maximum absolute atomic E-state index is 11.9. The Kier molecular flexibility index (Phi) is 11.1. The molecule has 1 unspecified atom stereocenters. The van der Waals surface area contributed by atoms with E-state index in [1.165, 1.54) is 50.4 Å². The first-order chi connectivity index (χ1) is 16.8. The van der Waals surface area contributed by atoms with Crippen LogP contribution < -0.4 is 0 Å². The summed E-state index contributed by atoms with van der Waals surface area (Å²) in [7, 11) is 0. The number of esters is 2. The van der Waals surface area contributed by atoms with E-state index in [-0.39, 0.29) is 24.0 Å². The van der Waals surface area contributed by atoms with Gasteiger partial charge in [0, 0.05) is 24.0 Å². The van der Waals surface area contributed by atoms with E-state index < -0.39 is 5.60 Å². The fourth-order valence-electron chi connectivity index (χ4n) is 5.56. The Hall–Kier alpha value is -1.38. The highest BCUT2D eigenvalue weighted by Crippen LogP contribution is 2.40. The van der Waals surface area contributed by atoms with Gasteiger partial charge in [-0.3, -0.25) is 4.79 Å². The lowest BCUT2D eigenvalue weighted by Gasteiger charge is -2.30. The van der Waals surface area contributed by atoms with Crippen LogP contribution in [0, 0.1) is 17.8 Å². The van der Waals surface area contributed by atoms with Crippen LogP contribution in [0.1, 0.15) is 95.5 Å². The van der Waals surface area contributed by atoms with Crippen molar-refractivity contribution >= 4 is 35.0 Å². The summed E-state index contributed by atoms with van der Waals surface area (Å²) >= 11 is 3.08. The van der Waals surface area contributed by atoms with E-state index in [0.717, 1.165) is 35.8 Å². The number of allylic oxidation sites excluding steroid dienone is 1. The minimum atomic E-state index is -0.667. The molecular formula is C27H41NO5S2. The van der Waals surface area contributed by atoms with Crippen molar-refractivity contribution in [3.63, 3.8) is 0 Å². The molecule has 0 aliphatic heterocycles. The number of rotatable bonds is 12. The van der Waals surface area contributed by atoms with Gasteiger partial charge in [0.1, 0.15) is 6.10 Å². The number of carbonyl (C=O) groups is 2. The van der Waals surface area contributed by atoms with Gasteiger partial charge < -0.3 is 14.6 Å². The van der Waals surface area contributed by atoms with Gasteiger partial charge in [0.15, 0.2) is 10.0 Å². The molecule has 0 saturated heterocycles. The molecule has 2 saturated carbocycles. The summed E-state index contributed by atoms with van der Waals surface area (Å²) in [4.78, 5) is 27.9. The third-order valence-electron chi connectivity index (χ3n) is 7.17. The molecule has 35 heavy (non-hydrogen) atoms. The van der Waals surface area contributed by atoms with Crippen molar-refractivity contribution < 1.29 is 24.2 Å². The molecule has 0 bridgehead atoms. The topological polar surface area (TPSA) is 85.7 Å². The molecular weight excluding hydrogens is 482 g/mol. The van der Waals surface area contributed by atoms with Crippen molar-refractivity contribution in [2.45, 2.75) is 101 Å². The molecule has 6 nitrogen and oxygen atoms in total. The predicted octanol–water partition coefficient (Wildman–Crippen LogP) is 6.43. The first-order valence-electron chi connectivity index (χ1n) is 13.1. The van der Waals surface area contributed by atoms with Gasteiger partial charge in [-0.15, -0.1) is 11.3 Å². The van der Waals surface area contributed by atoms with Gasteiger partial charge in [0.05, 0.1) is 12.2 Å². The zero-order valence-electron chi connectivity index (χ0n) is 21.4. The van der Waals surface area contributed by atoms with Crippen LogP contribution in [0.4, 0.5) is 0 Å². The normalized spacial score (nSPS) is 25.0. The van der Waals surface area contributed by atoms with Crippen LogP contribution in [0.25, 0.3) is 0 Å². The molecule has 1 heterocycles. The van der Waals surface area contributed by atoms with Gasteiger partial charge in [-0.05, 0) is 57.8 Å². The molecule has 196 valence electrons. The molecule has 0 aromatic carbocycles. The number of thiazole rings is 1. The van der Waals surface area contributed by atoms with Crippen LogP contribution in [0.3, 0.4) is 0 Å². The smallest absolute Gasteiger partial charge is 0.357 e. The van der Waals surface area contributed by atoms with Crippen LogP contribution in [0.15, 0.2) is 21.9 Å². The Labute approximate surface area is 218 Å². The van der Waals surface area contributed by atoms with Crippen LogP contribution in [-0.4, -0.2) is 46.1 Å². The summed E-state index contributed by atoms with van der Waals surface area (Å²) in [6.45, 7) is 5.56. The Morgan fingerprint density at radius 3 is 2.74 bits per heavy atom. The number of aliphatic hydroxyl groups is 1. The fraction of sp³-hybridized carbons (Fsp3) is 0.741. The Morgan fingerprint density at radius 2 is 2.03 bits per heavy atom. The SMILES string of the molecule is CCOC(=O)c1csc(SCC[C@H]2[C@@H](OC(C)=O)CC[C@@H]2C=CCC(C)(O)CC2CCCCC2)n1. The lowest BCUT2D eigenvalue weighted by molar-refractivity contribution is -0.148. The molecule has 0 amide bonds. The van der Waals surface area contributed by atoms with Crippen LogP contribution in [-0.2, 0) is 14.3 Å². The quantitative estimate of drug-likeness (QED) is 0.192. The van der Waals surface area contributed by atoms with Crippen LogP contribution in [0.2, 0.25) is 0 Å². The van der Waals surface area contributed by atoms with Gasteiger partial charge in [-0.25, -0.2) is 9.78 Å². The molecule has 1 N–H and O–H groups in total. The number of carbonyl (C=O) groups excluding carboxylic acids is 2. The standard InChI is InChI=1S/C27H41NO5S2/c1-4-32-25(30)23-18-35-26(28-23)34-16-14-22-21(12-13-24(22)33-19(2)29)11-8-15-27(3,31)17-20-9-6-5-7-10-20/h8,11,18,20-22,24,31H,4-7,9-10,12-17H2,1-3H3/t21-,22+,24-,27?/m0/s1. The number of aromatic nitrogens is 1. The van der Waals surface area contributed by atoms with E-state index in [4.69, 9.17) is 9.47 Å². The van der Waals surface area contributed by atoms with E-state index >= 15 is 0 Å². The van der Waals surface area contributed by atoms with Crippen molar-refractivity contribution in [3.8, 4) is 0 Å². The van der Waals surface area contributed by atoms with Gasteiger partial charge in [0.2, 0.25) is 0 Å². The van der Waals surface area contributed by atoms with Gasteiger partial charge in [-0.1, -0.05) is 56.0 Å². The van der Waals surface area contributed by atoms with Crippen molar-refractivity contribution in [1.82, 2.24) is 4.98 Å². The van der Waals surface area contributed by atoms with E-state index in [1.807, 2.05) is 6.92 Å². The van der Waals surface area contributed by atoms with Crippen LogP contribution in [0.5, 0.6) is 0 Å². The molecule has 3 rings (SSSR count). The Balaban J connectivity index is 1.53. The average Bonchev–Trinajstić information content (AvgIpc) is 3.42. The summed E-state index contributed by atoms with van der Waals surface area (Å²) in [5, 5.41) is 12.7. The van der Waals surface area contributed by atoms with Crippen molar-refractivity contribution in [3.05, 3.63) is 23.2 Å². The number of nitrogens with zero attached hydrogens (tertiary/aromatic N) is 1. The van der Waals surface area contributed by atoms with Crippen molar-refractivity contribution in [1.29, 1.82) is 0 Å². The monoisotopic (exact) mass is 523 g/mol. The fourth-order valence-corrected chi connectivity index (χ4v) is 7.46. The third-order valence-corrected chi connectivity index (χ3v) is 9.22. The first kappa shape index (κ1) is 28.2. The molecule has 1 aromatic rings. The molecule has 2 aliphatic rings. The predicted molar refractivity (Wildman–Crippen MR) is 141 cm³/mol. The number of thioether (sulfide) groups is 1.